The van der Waals surface area contributed by atoms with Gasteiger partial charge in [-0.15, -0.1) is 6.58 Å². The van der Waals surface area contributed by atoms with Crippen LogP contribution in [0.25, 0.3) is 0 Å². The van der Waals surface area contributed by atoms with Gasteiger partial charge in [0.05, 0.1) is 52.9 Å². The molecule has 0 aliphatic carbocycles. The summed E-state index contributed by atoms with van der Waals surface area (Å²) in [6, 6.07) is 56.0. The second kappa shape index (κ2) is 43.7. The molecule has 3 fully saturated rings. The van der Waals surface area contributed by atoms with E-state index < -0.39 is 133 Å². The summed E-state index contributed by atoms with van der Waals surface area (Å²) in [7, 11) is 0. The molecule has 9 rings (SSSR count). The number of halogens is 3. The highest BCUT2D eigenvalue weighted by Crippen LogP contribution is 2.39. The van der Waals surface area contributed by atoms with Gasteiger partial charge in [-0.2, -0.15) is 0 Å². The van der Waals surface area contributed by atoms with Crippen molar-refractivity contribution in [3.05, 3.63) is 228 Å². The first kappa shape index (κ1) is 81.2. The number of rotatable bonds is 41. The highest BCUT2D eigenvalue weighted by molar-refractivity contribution is 6.67. The number of hydrogen-bond donors (Lipinski definition) is 1. The number of benzene rings is 6. The summed E-state index contributed by atoms with van der Waals surface area (Å²) in [6.45, 7) is 6.44. The van der Waals surface area contributed by atoms with Crippen molar-refractivity contribution in [2.45, 2.75) is 208 Å². The third kappa shape index (κ3) is 27.2. The Balaban J connectivity index is 1.18. The smallest absolute Gasteiger partial charge is 0.407 e. The van der Waals surface area contributed by atoms with E-state index in [2.05, 4.69) is 11.9 Å². The molecule has 0 radical (unpaired) electrons. The van der Waals surface area contributed by atoms with E-state index in [4.69, 9.17) is 111 Å². The Morgan fingerprint density at radius 1 is 0.404 bits per heavy atom. The second-order valence-corrected chi connectivity index (χ2v) is 28.1. The lowest BCUT2D eigenvalue weighted by atomic mass is 9.94. The number of carbonyl (C=O) groups excluding carboxylic acids is 4. The summed E-state index contributed by atoms with van der Waals surface area (Å²) in [6.07, 6.45) is -9.25. The molecule has 0 spiro atoms. The Morgan fingerprint density at radius 2 is 0.769 bits per heavy atom. The van der Waals surface area contributed by atoms with Gasteiger partial charge in [0.1, 0.15) is 74.2 Å². The molecular weight excluding hydrogens is 1400 g/mol. The van der Waals surface area contributed by atoms with E-state index in [-0.39, 0.29) is 52.9 Å². The summed E-state index contributed by atoms with van der Waals surface area (Å²) in [4.78, 5) is 53.3. The van der Waals surface area contributed by atoms with Crippen LogP contribution in [0.5, 0.6) is 0 Å². The maximum Gasteiger partial charge on any atom is 0.407 e. The van der Waals surface area contributed by atoms with Gasteiger partial charge in [-0.3, -0.25) is 14.4 Å². The summed E-state index contributed by atoms with van der Waals surface area (Å²) >= 11 is 18.3. The number of carbonyl (C=O) groups is 4. The highest BCUT2D eigenvalue weighted by atomic mass is 35.6. The third-order valence-corrected chi connectivity index (χ3v) is 17.7. The number of unbranched alkanes of at least 4 members (excludes halogenated alkanes) is 7. The van der Waals surface area contributed by atoms with E-state index in [1.54, 1.807) is 0 Å². The van der Waals surface area contributed by atoms with E-state index in [1.165, 1.54) is 6.92 Å². The summed E-state index contributed by atoms with van der Waals surface area (Å²) < 4.78 is 106. The lowest BCUT2D eigenvalue weighted by Gasteiger charge is -2.51. The van der Waals surface area contributed by atoms with Crippen molar-refractivity contribution in [3.8, 4) is 0 Å². The van der Waals surface area contributed by atoms with Gasteiger partial charge in [-0.25, -0.2) is 4.79 Å². The molecule has 15 atom stereocenters. The number of esters is 3. The van der Waals surface area contributed by atoms with Crippen molar-refractivity contribution >= 4 is 58.8 Å². The largest absolute Gasteiger partial charge is 0.463 e. The maximum atomic E-state index is 14.1. The molecule has 562 valence electrons. The normalized spacial score (nSPS) is 24.7. The third-order valence-electron chi connectivity index (χ3n) is 17.4. The topological polar surface area (TPSA) is 228 Å². The van der Waals surface area contributed by atoms with Crippen molar-refractivity contribution < 1.29 is 95.0 Å². The van der Waals surface area contributed by atoms with Crippen LogP contribution in [0, 0.1) is 0 Å². The Hall–Kier alpha value is -6.87. The molecule has 3 aliphatic heterocycles. The number of allylic oxidation sites excluding steroid dienone is 1. The van der Waals surface area contributed by atoms with Crippen LogP contribution < -0.4 is 5.32 Å². The highest BCUT2D eigenvalue weighted by Gasteiger charge is 2.58. The van der Waals surface area contributed by atoms with Crippen LogP contribution in [-0.2, 0) is 130 Å². The predicted molar refractivity (Wildman–Crippen MR) is 387 cm³/mol. The standard InChI is InChI=1S/C80H96Cl3NO20/c1-5-6-7-8-9-10-11-12-31-44-91-77-74(95-49-62-40-27-17-28-41-62)72(93-47-60-36-23-15-24-37-60)70(64(101-77)51-89-45-58-32-19-13-20-33-58)104-78-75(96-50-63-42-29-18-30-43-63)73(94-48-61-38-25-16-26-39-61)69(65(102-78)52-90-46-59-34-21-14-22-35-59)103-76-67(84-79(88)97-54-80(81,82)83)71(99-57(4)87)68(98-56(3)86)66(100-76)53-92-55(2)85/h5,13-30,32-43,64-78H,1,6-12,31,44-54H2,2-4H3,(H,84,88)/t64-,65-,66-,67-,68+,69+,70-,71-,72+,73+,74-,75-,76+,77-,78+/m1/s1. The average molecular weight is 1500 g/mol. The number of amides is 1. The minimum absolute atomic E-state index is 0.0444. The SMILES string of the molecule is C=CCCCCCCCCCO[C@@H]1O[C@H](COCc2ccccc2)[C@@H](O[C@@H]2O[C@H](COCc3ccccc3)[C@H](O[C@@H]3O[C@H](COC(C)=O)[C@H](OC(C)=O)[C@H](OC(C)=O)[C@H]3NC(=O)OCC(Cl)(Cl)Cl)[C@H](OCc3ccccc3)[C@H]2OCc2ccccc2)[C@H](OCc2ccccc2)[C@H]1OCc1ccccc1. The van der Waals surface area contributed by atoms with E-state index in [0.717, 1.165) is 98.6 Å². The van der Waals surface area contributed by atoms with Gasteiger partial charge in [0.15, 0.2) is 31.1 Å². The van der Waals surface area contributed by atoms with Crippen LogP contribution in [-0.4, -0.2) is 153 Å². The van der Waals surface area contributed by atoms with Gasteiger partial charge in [-0.05, 0) is 52.6 Å². The van der Waals surface area contributed by atoms with Crippen LogP contribution in [0.15, 0.2) is 195 Å². The molecule has 0 unspecified atom stereocenters. The average Bonchev–Trinajstić information content (AvgIpc) is 0.766. The zero-order valence-corrected chi connectivity index (χ0v) is 61.3. The zero-order valence-electron chi connectivity index (χ0n) is 59.0. The molecule has 21 nitrogen and oxygen atoms in total. The molecule has 1 amide bonds. The van der Waals surface area contributed by atoms with E-state index in [9.17, 15) is 19.2 Å². The minimum atomic E-state index is -2.08. The Bertz CT molecular complexity index is 3440. The minimum Gasteiger partial charge on any atom is -0.463 e. The van der Waals surface area contributed by atoms with Crippen LogP contribution >= 0.6 is 34.8 Å². The monoisotopic (exact) mass is 1500 g/mol. The first-order valence-corrected chi connectivity index (χ1v) is 36.5. The van der Waals surface area contributed by atoms with Gasteiger partial charge in [0, 0.05) is 27.4 Å². The van der Waals surface area contributed by atoms with Crippen LogP contribution in [0.1, 0.15) is 106 Å². The molecule has 0 saturated carbocycles. The molecule has 3 saturated heterocycles. The first-order valence-electron chi connectivity index (χ1n) is 35.4. The van der Waals surface area contributed by atoms with E-state index in [1.807, 2.05) is 188 Å². The van der Waals surface area contributed by atoms with Crippen molar-refractivity contribution in [2.24, 2.45) is 0 Å². The molecule has 3 aliphatic rings. The molecule has 0 aromatic heterocycles. The summed E-state index contributed by atoms with van der Waals surface area (Å²) in [5.41, 5.74) is 4.99. The molecule has 6 aromatic carbocycles. The fourth-order valence-electron chi connectivity index (χ4n) is 12.4. The number of hydrogen-bond acceptors (Lipinski definition) is 20. The molecule has 6 aromatic rings. The lowest BCUT2D eigenvalue weighted by molar-refractivity contribution is -0.387. The van der Waals surface area contributed by atoms with Gasteiger partial charge in [-0.1, -0.05) is 255 Å². The number of ether oxygens (including phenoxy) is 16. The number of alkyl halides is 3. The van der Waals surface area contributed by atoms with Crippen LogP contribution in [0.3, 0.4) is 0 Å². The maximum absolute atomic E-state index is 14.1. The predicted octanol–water partition coefficient (Wildman–Crippen LogP) is 13.9. The lowest BCUT2D eigenvalue weighted by Crippen LogP contribution is -2.70. The van der Waals surface area contributed by atoms with Gasteiger partial charge < -0.3 is 81.1 Å². The molecule has 1 N–H and O–H groups in total. The van der Waals surface area contributed by atoms with Crippen molar-refractivity contribution in [1.82, 2.24) is 5.32 Å². The molecule has 104 heavy (non-hydrogen) atoms. The zero-order chi connectivity index (χ0) is 73.3. The van der Waals surface area contributed by atoms with Crippen LogP contribution in [0.2, 0.25) is 0 Å². The fourth-order valence-corrected chi connectivity index (χ4v) is 12.6. The Morgan fingerprint density at radius 3 is 1.19 bits per heavy atom. The Kier molecular flexibility index (Phi) is 34.1. The van der Waals surface area contributed by atoms with Crippen molar-refractivity contribution in [1.29, 1.82) is 0 Å². The van der Waals surface area contributed by atoms with Crippen LogP contribution in [0.4, 0.5) is 4.79 Å². The van der Waals surface area contributed by atoms with Gasteiger partial charge >= 0.3 is 24.0 Å². The number of nitrogens with one attached hydrogen (secondary N) is 1. The Labute approximate surface area is 624 Å². The van der Waals surface area contributed by atoms with Crippen molar-refractivity contribution in [3.63, 3.8) is 0 Å². The molecule has 24 heteroatoms. The second-order valence-electron chi connectivity index (χ2n) is 25.6. The molecular formula is C80H96Cl3NO20. The van der Waals surface area contributed by atoms with E-state index >= 15 is 0 Å². The first-order chi connectivity index (χ1) is 50.6. The summed E-state index contributed by atoms with van der Waals surface area (Å²) in [5, 5.41) is 2.67. The quantitative estimate of drug-likeness (QED) is 0.0124. The summed E-state index contributed by atoms with van der Waals surface area (Å²) in [5.74, 6) is -2.45. The fraction of sp³-hybridized carbons (Fsp3) is 0.475. The molecule has 0 bridgehead atoms. The molecule has 3 heterocycles. The van der Waals surface area contributed by atoms with Gasteiger partial charge in [0.2, 0.25) is 3.79 Å². The van der Waals surface area contributed by atoms with Gasteiger partial charge in [0.25, 0.3) is 0 Å². The number of alkyl carbamates (subject to hydrolysis) is 1. The van der Waals surface area contributed by atoms with Crippen molar-refractivity contribution in [2.75, 3.05) is 33.0 Å². The van der Waals surface area contributed by atoms with E-state index in [0.29, 0.717) is 6.61 Å².